The molecule has 0 saturated carbocycles. The summed E-state index contributed by atoms with van der Waals surface area (Å²) in [5.74, 6) is 1.08. The van der Waals surface area contributed by atoms with Gasteiger partial charge < -0.3 is 10.3 Å². The highest BCUT2D eigenvalue weighted by molar-refractivity contribution is 5.74. The number of rotatable bonds is 3. The van der Waals surface area contributed by atoms with Gasteiger partial charge in [0.15, 0.2) is 0 Å². The summed E-state index contributed by atoms with van der Waals surface area (Å²) in [4.78, 5) is 10.6. The SMILES string of the molecule is CN(Cc1nc2ccccc2[nH]1)C1CC2CCC(C1)N2. The van der Waals surface area contributed by atoms with Crippen LogP contribution in [0.25, 0.3) is 11.0 Å². The van der Waals surface area contributed by atoms with Gasteiger partial charge in [-0.1, -0.05) is 12.1 Å². The summed E-state index contributed by atoms with van der Waals surface area (Å²) < 4.78 is 0. The van der Waals surface area contributed by atoms with Gasteiger partial charge in [-0.25, -0.2) is 4.98 Å². The van der Waals surface area contributed by atoms with Crippen LogP contribution in [-0.4, -0.2) is 40.0 Å². The topological polar surface area (TPSA) is 44.0 Å². The summed E-state index contributed by atoms with van der Waals surface area (Å²) >= 11 is 0. The van der Waals surface area contributed by atoms with Gasteiger partial charge in [-0.3, -0.25) is 4.90 Å². The highest BCUT2D eigenvalue weighted by Crippen LogP contribution is 2.29. The molecule has 3 heterocycles. The van der Waals surface area contributed by atoms with E-state index in [2.05, 4.69) is 45.4 Å². The van der Waals surface area contributed by atoms with Gasteiger partial charge in [0.2, 0.25) is 0 Å². The molecule has 20 heavy (non-hydrogen) atoms. The van der Waals surface area contributed by atoms with Crippen LogP contribution in [0.15, 0.2) is 24.3 Å². The molecule has 2 fully saturated rings. The van der Waals surface area contributed by atoms with Crippen LogP contribution in [0.3, 0.4) is 0 Å². The van der Waals surface area contributed by atoms with Gasteiger partial charge in [-0.05, 0) is 44.9 Å². The number of aromatic amines is 1. The first kappa shape index (κ1) is 12.4. The Bertz CT molecular complexity index is 560. The van der Waals surface area contributed by atoms with Gasteiger partial charge in [0, 0.05) is 18.1 Å². The summed E-state index contributed by atoms with van der Waals surface area (Å²) in [5, 5.41) is 3.71. The van der Waals surface area contributed by atoms with E-state index in [1.807, 2.05) is 6.07 Å². The molecule has 2 aliphatic rings. The molecule has 1 aromatic heterocycles. The number of piperidine rings is 1. The fraction of sp³-hybridized carbons (Fsp3) is 0.562. The van der Waals surface area contributed by atoms with E-state index in [4.69, 9.17) is 0 Å². The van der Waals surface area contributed by atoms with Gasteiger partial charge in [0.1, 0.15) is 5.82 Å². The second-order valence-corrected chi connectivity index (χ2v) is 6.38. The fourth-order valence-electron chi connectivity index (χ4n) is 3.83. The number of fused-ring (bicyclic) bond motifs is 3. The molecular weight excluding hydrogens is 248 g/mol. The average molecular weight is 270 g/mol. The molecule has 1 aromatic carbocycles. The van der Waals surface area contributed by atoms with Crippen molar-refractivity contribution in [3.63, 3.8) is 0 Å². The predicted molar refractivity (Wildman–Crippen MR) is 80.5 cm³/mol. The Balaban J connectivity index is 1.47. The fourth-order valence-corrected chi connectivity index (χ4v) is 3.83. The average Bonchev–Trinajstić information content (AvgIpc) is 3.01. The number of benzene rings is 1. The monoisotopic (exact) mass is 270 g/mol. The van der Waals surface area contributed by atoms with E-state index in [1.165, 1.54) is 25.7 Å². The molecule has 2 atom stereocenters. The molecular formula is C16H22N4. The van der Waals surface area contributed by atoms with Crippen LogP contribution in [0.1, 0.15) is 31.5 Å². The second-order valence-electron chi connectivity index (χ2n) is 6.38. The number of H-pyrrole nitrogens is 1. The van der Waals surface area contributed by atoms with Gasteiger partial charge >= 0.3 is 0 Å². The zero-order chi connectivity index (χ0) is 13.5. The zero-order valence-corrected chi connectivity index (χ0v) is 12.0. The van der Waals surface area contributed by atoms with E-state index in [0.717, 1.165) is 35.5 Å². The van der Waals surface area contributed by atoms with Crippen LogP contribution < -0.4 is 5.32 Å². The second kappa shape index (κ2) is 4.86. The Morgan fingerprint density at radius 2 is 1.95 bits per heavy atom. The van der Waals surface area contributed by atoms with Crippen molar-refractivity contribution in [2.45, 2.75) is 50.4 Å². The smallest absolute Gasteiger partial charge is 0.121 e. The van der Waals surface area contributed by atoms with Crippen molar-refractivity contribution < 1.29 is 0 Å². The maximum Gasteiger partial charge on any atom is 0.121 e. The van der Waals surface area contributed by atoms with Gasteiger partial charge in [-0.15, -0.1) is 0 Å². The minimum absolute atomic E-state index is 0.696. The highest BCUT2D eigenvalue weighted by Gasteiger charge is 2.35. The third-order valence-corrected chi connectivity index (χ3v) is 4.91. The van der Waals surface area contributed by atoms with Crippen LogP contribution >= 0.6 is 0 Å². The van der Waals surface area contributed by atoms with Crippen LogP contribution in [-0.2, 0) is 6.54 Å². The summed E-state index contributed by atoms with van der Waals surface area (Å²) in [7, 11) is 2.24. The summed E-state index contributed by atoms with van der Waals surface area (Å²) in [5.41, 5.74) is 2.21. The van der Waals surface area contributed by atoms with Crippen molar-refractivity contribution in [2.24, 2.45) is 0 Å². The van der Waals surface area contributed by atoms with Crippen molar-refractivity contribution in [3.05, 3.63) is 30.1 Å². The van der Waals surface area contributed by atoms with E-state index in [0.29, 0.717) is 6.04 Å². The number of para-hydroxylation sites is 2. The molecule has 0 spiro atoms. The van der Waals surface area contributed by atoms with Gasteiger partial charge in [0.25, 0.3) is 0 Å². The zero-order valence-electron chi connectivity index (χ0n) is 12.0. The maximum absolute atomic E-state index is 4.69. The van der Waals surface area contributed by atoms with E-state index < -0.39 is 0 Å². The first-order valence-corrected chi connectivity index (χ1v) is 7.68. The molecule has 0 radical (unpaired) electrons. The molecule has 4 rings (SSSR count). The number of hydrogen-bond donors (Lipinski definition) is 2. The lowest BCUT2D eigenvalue weighted by Crippen LogP contribution is -2.46. The van der Waals surface area contributed by atoms with Crippen molar-refractivity contribution in [2.75, 3.05) is 7.05 Å². The van der Waals surface area contributed by atoms with Crippen molar-refractivity contribution >= 4 is 11.0 Å². The maximum atomic E-state index is 4.69. The molecule has 2 aliphatic heterocycles. The van der Waals surface area contributed by atoms with Gasteiger partial charge in [0.05, 0.1) is 17.6 Å². The van der Waals surface area contributed by atoms with E-state index in [-0.39, 0.29) is 0 Å². The molecule has 0 amide bonds. The van der Waals surface area contributed by atoms with Crippen LogP contribution in [0.5, 0.6) is 0 Å². The van der Waals surface area contributed by atoms with Crippen molar-refractivity contribution in [1.29, 1.82) is 0 Å². The number of hydrogen-bond acceptors (Lipinski definition) is 3. The molecule has 2 aromatic rings. The third kappa shape index (κ3) is 2.23. The lowest BCUT2D eigenvalue weighted by molar-refractivity contribution is 0.163. The molecule has 4 heteroatoms. The Labute approximate surface area is 119 Å². The summed E-state index contributed by atoms with van der Waals surface area (Å²) in [6.07, 6.45) is 5.29. The molecule has 2 saturated heterocycles. The van der Waals surface area contributed by atoms with Crippen molar-refractivity contribution in [1.82, 2.24) is 20.2 Å². The van der Waals surface area contributed by atoms with E-state index in [1.54, 1.807) is 0 Å². The number of aromatic nitrogens is 2. The number of nitrogens with one attached hydrogen (secondary N) is 2. The largest absolute Gasteiger partial charge is 0.341 e. The summed E-state index contributed by atoms with van der Waals surface area (Å²) in [6.45, 7) is 0.915. The molecule has 4 nitrogen and oxygen atoms in total. The minimum Gasteiger partial charge on any atom is -0.341 e. The lowest BCUT2D eigenvalue weighted by Gasteiger charge is -2.35. The quantitative estimate of drug-likeness (QED) is 0.899. The minimum atomic E-state index is 0.696. The summed E-state index contributed by atoms with van der Waals surface area (Å²) in [6, 6.07) is 10.5. The Kier molecular flexibility index (Phi) is 3.00. The Morgan fingerprint density at radius 1 is 1.20 bits per heavy atom. The van der Waals surface area contributed by atoms with E-state index >= 15 is 0 Å². The van der Waals surface area contributed by atoms with Crippen LogP contribution in [0.2, 0.25) is 0 Å². The van der Waals surface area contributed by atoms with E-state index in [9.17, 15) is 0 Å². The molecule has 106 valence electrons. The van der Waals surface area contributed by atoms with Crippen LogP contribution in [0, 0.1) is 0 Å². The lowest BCUT2D eigenvalue weighted by atomic mass is 9.98. The normalized spacial score (nSPS) is 29.4. The third-order valence-electron chi connectivity index (χ3n) is 4.91. The van der Waals surface area contributed by atoms with Crippen molar-refractivity contribution in [3.8, 4) is 0 Å². The number of nitrogens with zero attached hydrogens (tertiary/aromatic N) is 2. The molecule has 2 N–H and O–H groups in total. The predicted octanol–water partition coefficient (Wildman–Crippen LogP) is 2.28. The highest BCUT2D eigenvalue weighted by atomic mass is 15.2. The first-order chi connectivity index (χ1) is 9.78. The standard InChI is InChI=1S/C16H22N4/c1-20(13-8-11-6-7-12(9-13)17-11)10-16-18-14-4-2-3-5-15(14)19-16/h2-5,11-13,17H,6-10H2,1H3,(H,18,19). The molecule has 2 unspecified atom stereocenters. The molecule has 2 bridgehead atoms. The first-order valence-electron chi connectivity index (χ1n) is 7.68. The molecule has 0 aliphatic carbocycles. The Morgan fingerprint density at radius 3 is 2.70 bits per heavy atom. The number of imidazole rings is 1. The van der Waals surface area contributed by atoms with Crippen LogP contribution in [0.4, 0.5) is 0 Å². The Hall–Kier alpha value is -1.39. The van der Waals surface area contributed by atoms with Gasteiger partial charge in [-0.2, -0.15) is 0 Å².